The number of anilines is 2. The number of benzene rings is 1. The molecule has 3 heterocycles. The number of morpholine rings is 1. The molecule has 0 spiro atoms. The molecule has 2 aliphatic rings. The van der Waals surface area contributed by atoms with Crippen molar-refractivity contribution < 1.29 is 9.47 Å². The SMILES string of the molecule is CCN1CCN(CCOc2cc(N3CCOCC3)cc(NN=Cc3cccc(C)c3)n2)CC1. The fourth-order valence-electron chi connectivity index (χ4n) is 4.16. The van der Waals surface area contributed by atoms with E-state index >= 15 is 0 Å². The number of pyridine rings is 1. The number of piperazine rings is 1. The van der Waals surface area contributed by atoms with Crippen LogP contribution in [-0.2, 0) is 4.74 Å². The predicted molar refractivity (Wildman–Crippen MR) is 134 cm³/mol. The highest BCUT2D eigenvalue weighted by Crippen LogP contribution is 2.25. The Morgan fingerprint density at radius 3 is 2.61 bits per heavy atom. The molecule has 33 heavy (non-hydrogen) atoms. The molecule has 0 amide bonds. The Hall–Kier alpha value is -2.68. The smallest absolute Gasteiger partial charge is 0.217 e. The lowest BCUT2D eigenvalue weighted by Gasteiger charge is -2.33. The number of hydrogen-bond donors (Lipinski definition) is 1. The van der Waals surface area contributed by atoms with E-state index in [2.05, 4.69) is 56.2 Å². The molecule has 8 heteroatoms. The maximum absolute atomic E-state index is 6.10. The predicted octanol–water partition coefficient (Wildman–Crippen LogP) is 2.69. The Balaban J connectivity index is 1.39. The van der Waals surface area contributed by atoms with Crippen LogP contribution in [0.1, 0.15) is 18.1 Å². The van der Waals surface area contributed by atoms with Gasteiger partial charge in [-0.05, 0) is 19.0 Å². The molecule has 1 aromatic heterocycles. The van der Waals surface area contributed by atoms with Crippen LogP contribution in [-0.4, -0.2) is 93.2 Å². The molecule has 2 fully saturated rings. The lowest BCUT2D eigenvalue weighted by Crippen LogP contribution is -2.47. The Labute approximate surface area is 197 Å². The third-order valence-electron chi connectivity index (χ3n) is 6.17. The van der Waals surface area contributed by atoms with E-state index in [0.717, 1.165) is 76.8 Å². The van der Waals surface area contributed by atoms with Gasteiger partial charge in [-0.15, -0.1) is 0 Å². The van der Waals surface area contributed by atoms with Crippen molar-refractivity contribution in [1.82, 2.24) is 14.8 Å². The average Bonchev–Trinajstić information content (AvgIpc) is 2.85. The Kier molecular flexibility index (Phi) is 8.52. The van der Waals surface area contributed by atoms with Crippen molar-refractivity contribution in [2.75, 3.05) is 82.5 Å². The molecule has 4 rings (SSSR count). The molecule has 0 bridgehead atoms. The number of aromatic nitrogens is 1. The highest BCUT2D eigenvalue weighted by Gasteiger charge is 2.16. The summed E-state index contributed by atoms with van der Waals surface area (Å²) in [6.07, 6.45) is 1.81. The van der Waals surface area contributed by atoms with E-state index < -0.39 is 0 Å². The van der Waals surface area contributed by atoms with E-state index in [1.807, 2.05) is 30.5 Å². The number of likely N-dealkylation sites (N-methyl/N-ethyl adjacent to an activating group) is 1. The van der Waals surface area contributed by atoms with Crippen molar-refractivity contribution in [3.63, 3.8) is 0 Å². The summed E-state index contributed by atoms with van der Waals surface area (Å²) < 4.78 is 11.6. The third-order valence-corrected chi connectivity index (χ3v) is 6.17. The summed E-state index contributed by atoms with van der Waals surface area (Å²) in [5.41, 5.74) is 6.42. The van der Waals surface area contributed by atoms with Crippen LogP contribution in [0.25, 0.3) is 0 Å². The molecule has 0 radical (unpaired) electrons. The molecule has 1 aromatic carbocycles. The second kappa shape index (κ2) is 12.0. The minimum atomic E-state index is 0.623. The second-order valence-electron chi connectivity index (χ2n) is 8.56. The van der Waals surface area contributed by atoms with Crippen LogP contribution in [0.5, 0.6) is 5.88 Å². The summed E-state index contributed by atoms with van der Waals surface area (Å²) in [7, 11) is 0. The van der Waals surface area contributed by atoms with Crippen molar-refractivity contribution in [3.8, 4) is 5.88 Å². The molecule has 0 aliphatic carbocycles. The third kappa shape index (κ3) is 7.15. The molecule has 178 valence electrons. The van der Waals surface area contributed by atoms with E-state index in [1.165, 1.54) is 5.56 Å². The molecule has 1 N–H and O–H groups in total. The zero-order valence-corrected chi connectivity index (χ0v) is 19.9. The van der Waals surface area contributed by atoms with Crippen LogP contribution in [0.15, 0.2) is 41.5 Å². The van der Waals surface area contributed by atoms with Gasteiger partial charge < -0.3 is 19.3 Å². The van der Waals surface area contributed by atoms with Gasteiger partial charge in [0.2, 0.25) is 5.88 Å². The topological polar surface area (TPSA) is 65.5 Å². The van der Waals surface area contributed by atoms with Crippen LogP contribution in [0.4, 0.5) is 11.5 Å². The lowest BCUT2D eigenvalue weighted by molar-refractivity contribution is 0.119. The molecule has 2 saturated heterocycles. The fraction of sp³-hybridized carbons (Fsp3) is 0.520. The molecule has 8 nitrogen and oxygen atoms in total. The normalized spacial score (nSPS) is 18.1. The first kappa shape index (κ1) is 23.5. The highest BCUT2D eigenvalue weighted by molar-refractivity contribution is 5.80. The summed E-state index contributed by atoms with van der Waals surface area (Å²) in [6, 6.07) is 12.3. The van der Waals surface area contributed by atoms with Crippen LogP contribution in [0.2, 0.25) is 0 Å². The van der Waals surface area contributed by atoms with Gasteiger partial charge in [-0.3, -0.25) is 10.3 Å². The van der Waals surface area contributed by atoms with Crippen LogP contribution < -0.4 is 15.1 Å². The number of ether oxygens (including phenoxy) is 2. The van der Waals surface area contributed by atoms with E-state index in [9.17, 15) is 0 Å². The van der Waals surface area contributed by atoms with Gasteiger partial charge in [0.25, 0.3) is 0 Å². The van der Waals surface area contributed by atoms with Crippen molar-refractivity contribution in [2.24, 2.45) is 5.10 Å². The zero-order valence-electron chi connectivity index (χ0n) is 19.9. The van der Waals surface area contributed by atoms with Crippen molar-refractivity contribution in [1.29, 1.82) is 0 Å². The summed E-state index contributed by atoms with van der Waals surface area (Å²) in [5, 5.41) is 4.40. The quantitative estimate of drug-likeness (QED) is 0.464. The number of aryl methyl sites for hydroxylation is 1. The monoisotopic (exact) mass is 452 g/mol. The summed E-state index contributed by atoms with van der Waals surface area (Å²) in [4.78, 5) is 11.9. The van der Waals surface area contributed by atoms with Gasteiger partial charge in [0.05, 0.1) is 19.4 Å². The van der Waals surface area contributed by atoms with Crippen LogP contribution >= 0.6 is 0 Å². The number of rotatable bonds is 9. The molecule has 0 unspecified atom stereocenters. The van der Waals surface area contributed by atoms with E-state index in [0.29, 0.717) is 18.3 Å². The lowest BCUT2D eigenvalue weighted by atomic mass is 10.2. The van der Waals surface area contributed by atoms with Crippen molar-refractivity contribution in [2.45, 2.75) is 13.8 Å². The number of nitrogens with zero attached hydrogens (tertiary/aromatic N) is 5. The van der Waals surface area contributed by atoms with Gasteiger partial charge in [0.15, 0.2) is 5.82 Å². The first-order chi connectivity index (χ1) is 16.2. The molecule has 0 saturated carbocycles. The number of hydrogen-bond acceptors (Lipinski definition) is 8. The average molecular weight is 453 g/mol. The standard InChI is InChI=1S/C25H36N6O2/c1-3-29-7-9-30(10-8-29)11-16-33-25-19-23(31-12-14-32-15-13-31)18-24(27-25)28-26-20-22-6-4-5-21(2)17-22/h4-6,17-20H,3,7-16H2,1-2H3,(H,27,28). The van der Waals surface area contributed by atoms with Crippen LogP contribution in [0, 0.1) is 6.92 Å². The van der Waals surface area contributed by atoms with Crippen molar-refractivity contribution >= 4 is 17.7 Å². The molecule has 2 aliphatic heterocycles. The van der Waals surface area contributed by atoms with Gasteiger partial charge in [-0.25, -0.2) is 0 Å². The molecule has 0 atom stereocenters. The van der Waals surface area contributed by atoms with Gasteiger partial charge in [0, 0.05) is 63.6 Å². The Morgan fingerprint density at radius 1 is 1.06 bits per heavy atom. The molecule has 2 aromatic rings. The van der Waals surface area contributed by atoms with Gasteiger partial charge >= 0.3 is 0 Å². The summed E-state index contributed by atoms with van der Waals surface area (Å²) in [6.45, 7) is 14.6. The van der Waals surface area contributed by atoms with Gasteiger partial charge in [-0.2, -0.15) is 10.1 Å². The number of nitrogens with one attached hydrogen (secondary N) is 1. The summed E-state index contributed by atoms with van der Waals surface area (Å²) >= 11 is 0. The van der Waals surface area contributed by atoms with Gasteiger partial charge in [0.1, 0.15) is 6.61 Å². The van der Waals surface area contributed by atoms with E-state index in [-0.39, 0.29) is 0 Å². The first-order valence-electron chi connectivity index (χ1n) is 12.0. The second-order valence-corrected chi connectivity index (χ2v) is 8.56. The fourth-order valence-corrected chi connectivity index (χ4v) is 4.16. The van der Waals surface area contributed by atoms with Crippen LogP contribution in [0.3, 0.4) is 0 Å². The maximum atomic E-state index is 6.10. The Morgan fingerprint density at radius 2 is 1.85 bits per heavy atom. The van der Waals surface area contributed by atoms with E-state index in [4.69, 9.17) is 9.47 Å². The van der Waals surface area contributed by atoms with Gasteiger partial charge in [-0.1, -0.05) is 36.8 Å². The molecular formula is C25H36N6O2. The summed E-state index contributed by atoms with van der Waals surface area (Å²) in [5.74, 6) is 1.30. The Bertz CT molecular complexity index is 908. The number of hydrazone groups is 1. The minimum absolute atomic E-state index is 0.623. The highest BCUT2D eigenvalue weighted by atomic mass is 16.5. The van der Waals surface area contributed by atoms with Crippen molar-refractivity contribution in [3.05, 3.63) is 47.5 Å². The van der Waals surface area contributed by atoms with E-state index in [1.54, 1.807) is 0 Å². The zero-order chi connectivity index (χ0) is 22.9. The minimum Gasteiger partial charge on any atom is -0.476 e. The maximum Gasteiger partial charge on any atom is 0.217 e. The molecular weight excluding hydrogens is 416 g/mol. The largest absolute Gasteiger partial charge is 0.476 e. The first-order valence-corrected chi connectivity index (χ1v) is 12.0.